The summed E-state index contributed by atoms with van der Waals surface area (Å²) in [6.07, 6.45) is 3.89. The maximum atomic E-state index is 6.01. The Morgan fingerprint density at radius 1 is 1.40 bits per heavy atom. The van der Waals surface area contributed by atoms with Crippen molar-refractivity contribution in [3.8, 4) is 5.82 Å². The van der Waals surface area contributed by atoms with Gasteiger partial charge in [-0.3, -0.25) is 0 Å². The summed E-state index contributed by atoms with van der Waals surface area (Å²) >= 11 is 6.01. The maximum Gasteiger partial charge on any atom is 0.193 e. The molecule has 0 unspecified atom stereocenters. The highest BCUT2D eigenvalue weighted by Crippen LogP contribution is 2.22. The third-order valence-corrected chi connectivity index (χ3v) is 2.29. The maximum absolute atomic E-state index is 6.01. The molecular formula is C9H10ClN5. The molecule has 78 valence electrons. The van der Waals surface area contributed by atoms with Gasteiger partial charge in [0, 0.05) is 0 Å². The lowest BCUT2D eigenvalue weighted by Gasteiger charge is -2.07. The van der Waals surface area contributed by atoms with Crippen molar-refractivity contribution in [2.45, 2.75) is 13.3 Å². The number of aromatic nitrogens is 4. The van der Waals surface area contributed by atoms with Crippen molar-refractivity contribution in [1.29, 1.82) is 0 Å². The highest BCUT2D eigenvalue weighted by molar-refractivity contribution is 6.32. The zero-order valence-electron chi connectivity index (χ0n) is 8.18. The second kappa shape index (κ2) is 3.86. The first-order chi connectivity index (χ1) is 7.22. The van der Waals surface area contributed by atoms with E-state index in [4.69, 9.17) is 17.3 Å². The van der Waals surface area contributed by atoms with Crippen LogP contribution in [0.3, 0.4) is 0 Å². The molecule has 2 heterocycles. The molecule has 5 nitrogen and oxygen atoms in total. The summed E-state index contributed by atoms with van der Waals surface area (Å²) in [5, 5.41) is 8.39. The summed E-state index contributed by atoms with van der Waals surface area (Å²) in [5.41, 5.74) is 7.15. The molecule has 0 saturated carbocycles. The van der Waals surface area contributed by atoms with E-state index in [-0.39, 0.29) is 0 Å². The molecule has 0 radical (unpaired) electrons. The van der Waals surface area contributed by atoms with Gasteiger partial charge in [0.15, 0.2) is 5.82 Å². The Balaban J connectivity index is 2.57. The minimum atomic E-state index is 0.445. The first-order valence-electron chi connectivity index (χ1n) is 4.54. The fourth-order valence-electron chi connectivity index (χ4n) is 1.28. The number of hydrogen-bond donors (Lipinski definition) is 1. The highest BCUT2D eigenvalue weighted by Gasteiger charge is 2.10. The Hall–Kier alpha value is -1.62. The summed E-state index contributed by atoms with van der Waals surface area (Å²) < 4.78 is 0. The predicted molar refractivity (Wildman–Crippen MR) is 58.0 cm³/mol. The van der Waals surface area contributed by atoms with Crippen LogP contribution in [0.1, 0.15) is 12.6 Å². The molecule has 0 fully saturated rings. The molecule has 0 saturated heterocycles. The van der Waals surface area contributed by atoms with Gasteiger partial charge in [-0.1, -0.05) is 18.5 Å². The molecule has 0 spiro atoms. The Kier molecular flexibility index (Phi) is 2.55. The van der Waals surface area contributed by atoms with Crippen LogP contribution in [-0.2, 0) is 6.42 Å². The monoisotopic (exact) mass is 223 g/mol. The fourth-order valence-corrected chi connectivity index (χ4v) is 1.51. The number of nitrogens with zero attached hydrogens (tertiary/aromatic N) is 4. The zero-order chi connectivity index (χ0) is 10.8. The van der Waals surface area contributed by atoms with Crippen LogP contribution >= 0.6 is 11.6 Å². The summed E-state index contributed by atoms with van der Waals surface area (Å²) in [4.78, 5) is 5.69. The standard InChI is InChI=1S/C9H10ClN5/c1-2-8-7(11)5-6(10)9(14-8)15-12-3-4-13-15/h3-5H,2,11H2,1H3. The first kappa shape index (κ1) is 9.92. The van der Waals surface area contributed by atoms with Crippen LogP contribution in [0.4, 0.5) is 5.69 Å². The first-order valence-corrected chi connectivity index (χ1v) is 4.91. The van der Waals surface area contributed by atoms with E-state index in [1.54, 1.807) is 18.5 Å². The van der Waals surface area contributed by atoms with Crippen LogP contribution in [0, 0.1) is 0 Å². The van der Waals surface area contributed by atoms with Gasteiger partial charge in [-0.2, -0.15) is 10.2 Å². The Bertz CT molecular complexity index is 466. The van der Waals surface area contributed by atoms with Crippen LogP contribution in [0.15, 0.2) is 18.5 Å². The van der Waals surface area contributed by atoms with Gasteiger partial charge in [0.1, 0.15) is 0 Å². The molecule has 0 amide bonds. The van der Waals surface area contributed by atoms with Gasteiger partial charge >= 0.3 is 0 Å². The minimum Gasteiger partial charge on any atom is -0.397 e. The lowest BCUT2D eigenvalue weighted by Crippen LogP contribution is -2.06. The van der Waals surface area contributed by atoms with Crippen molar-refractivity contribution >= 4 is 17.3 Å². The van der Waals surface area contributed by atoms with E-state index < -0.39 is 0 Å². The zero-order valence-corrected chi connectivity index (χ0v) is 8.94. The largest absolute Gasteiger partial charge is 0.397 e. The van der Waals surface area contributed by atoms with Crippen molar-refractivity contribution in [2.24, 2.45) is 0 Å². The fraction of sp³-hybridized carbons (Fsp3) is 0.222. The minimum absolute atomic E-state index is 0.445. The number of anilines is 1. The second-order valence-electron chi connectivity index (χ2n) is 3.00. The van der Waals surface area contributed by atoms with Crippen LogP contribution < -0.4 is 5.73 Å². The Morgan fingerprint density at radius 2 is 2.07 bits per heavy atom. The number of hydrogen-bond acceptors (Lipinski definition) is 4. The molecule has 0 aliphatic carbocycles. The van der Waals surface area contributed by atoms with Crippen molar-refractivity contribution < 1.29 is 0 Å². The average molecular weight is 224 g/mol. The summed E-state index contributed by atoms with van der Waals surface area (Å²) in [6.45, 7) is 1.98. The molecule has 0 bridgehead atoms. The molecule has 0 aliphatic rings. The topological polar surface area (TPSA) is 69.6 Å². The molecule has 0 aliphatic heterocycles. The van der Waals surface area contributed by atoms with E-state index in [1.807, 2.05) is 6.92 Å². The quantitative estimate of drug-likeness (QED) is 0.837. The molecule has 0 atom stereocenters. The third kappa shape index (κ3) is 1.78. The van der Waals surface area contributed by atoms with Crippen molar-refractivity contribution in [3.05, 3.63) is 29.2 Å². The second-order valence-corrected chi connectivity index (χ2v) is 3.41. The van der Waals surface area contributed by atoms with E-state index in [1.165, 1.54) is 4.80 Å². The number of nitrogen functional groups attached to an aromatic ring is 1. The van der Waals surface area contributed by atoms with E-state index in [0.29, 0.717) is 16.5 Å². The normalized spacial score (nSPS) is 10.5. The lowest BCUT2D eigenvalue weighted by molar-refractivity contribution is 0.724. The molecule has 2 aromatic rings. The van der Waals surface area contributed by atoms with Gasteiger partial charge in [-0.05, 0) is 12.5 Å². The van der Waals surface area contributed by atoms with E-state index in [2.05, 4.69) is 15.2 Å². The number of rotatable bonds is 2. The third-order valence-electron chi connectivity index (χ3n) is 2.01. The van der Waals surface area contributed by atoms with Gasteiger partial charge in [0.25, 0.3) is 0 Å². The van der Waals surface area contributed by atoms with Crippen LogP contribution in [-0.4, -0.2) is 20.0 Å². The van der Waals surface area contributed by atoms with Crippen molar-refractivity contribution in [3.63, 3.8) is 0 Å². The Morgan fingerprint density at radius 3 is 2.67 bits per heavy atom. The van der Waals surface area contributed by atoms with Gasteiger partial charge in [-0.25, -0.2) is 4.98 Å². The average Bonchev–Trinajstić information content (AvgIpc) is 2.71. The van der Waals surface area contributed by atoms with Gasteiger partial charge < -0.3 is 5.73 Å². The SMILES string of the molecule is CCc1nc(-n2nccn2)c(Cl)cc1N. The van der Waals surface area contributed by atoms with E-state index in [0.717, 1.165) is 12.1 Å². The molecular weight excluding hydrogens is 214 g/mol. The van der Waals surface area contributed by atoms with Crippen LogP contribution in [0.5, 0.6) is 0 Å². The predicted octanol–water partition coefficient (Wildman–Crippen LogP) is 1.46. The number of nitrogens with two attached hydrogens (primary N) is 1. The molecule has 6 heteroatoms. The number of aryl methyl sites for hydroxylation is 1. The summed E-state index contributed by atoms with van der Waals surface area (Å²) in [7, 11) is 0. The molecule has 2 N–H and O–H groups in total. The van der Waals surface area contributed by atoms with Crippen LogP contribution in [0.25, 0.3) is 5.82 Å². The molecule has 15 heavy (non-hydrogen) atoms. The van der Waals surface area contributed by atoms with Crippen molar-refractivity contribution in [2.75, 3.05) is 5.73 Å². The van der Waals surface area contributed by atoms with Gasteiger partial charge in [0.05, 0.1) is 28.8 Å². The molecule has 0 aromatic carbocycles. The number of pyridine rings is 1. The summed E-state index contributed by atoms with van der Waals surface area (Å²) in [6, 6.07) is 1.67. The lowest BCUT2D eigenvalue weighted by atomic mass is 10.2. The molecule has 2 rings (SSSR count). The molecule has 2 aromatic heterocycles. The van der Waals surface area contributed by atoms with Crippen LogP contribution in [0.2, 0.25) is 5.02 Å². The highest BCUT2D eigenvalue weighted by atomic mass is 35.5. The van der Waals surface area contributed by atoms with Crippen molar-refractivity contribution in [1.82, 2.24) is 20.0 Å². The van der Waals surface area contributed by atoms with E-state index in [9.17, 15) is 0 Å². The van der Waals surface area contributed by atoms with E-state index >= 15 is 0 Å². The summed E-state index contributed by atoms with van der Waals surface area (Å²) in [5.74, 6) is 0.507. The van der Waals surface area contributed by atoms with Gasteiger partial charge in [0.2, 0.25) is 0 Å². The number of halogens is 1. The smallest absolute Gasteiger partial charge is 0.193 e. The van der Waals surface area contributed by atoms with Gasteiger partial charge in [-0.15, -0.1) is 4.80 Å². The Labute approximate surface area is 91.9 Å².